The first-order valence-corrected chi connectivity index (χ1v) is 5.47. The molecule has 1 aliphatic carbocycles. The number of hydrazine groups is 1. The molecule has 0 saturated heterocycles. The molecular formula is C11H20N4. The largest absolute Gasteiger partial charge is 0.338 e. The van der Waals surface area contributed by atoms with Crippen molar-refractivity contribution in [1.29, 1.82) is 0 Å². The number of aryl methyl sites for hydroxylation is 1. The van der Waals surface area contributed by atoms with E-state index in [0.29, 0.717) is 17.4 Å². The molecule has 1 aromatic rings. The molecule has 0 spiro atoms. The Kier molecular flexibility index (Phi) is 2.56. The smallest absolute Gasteiger partial charge is 0.109 e. The van der Waals surface area contributed by atoms with Gasteiger partial charge in [0.15, 0.2) is 0 Å². The van der Waals surface area contributed by atoms with Gasteiger partial charge < -0.3 is 4.57 Å². The zero-order chi connectivity index (χ0) is 11.1. The highest BCUT2D eigenvalue weighted by Gasteiger charge is 2.49. The Balaban J connectivity index is 2.01. The molecule has 2 atom stereocenters. The van der Waals surface area contributed by atoms with Gasteiger partial charge in [-0.25, -0.2) is 4.98 Å². The van der Waals surface area contributed by atoms with Crippen LogP contribution in [0.2, 0.25) is 0 Å². The quantitative estimate of drug-likeness (QED) is 0.569. The van der Waals surface area contributed by atoms with Crippen molar-refractivity contribution in [2.24, 2.45) is 24.2 Å². The molecule has 0 aromatic carbocycles. The van der Waals surface area contributed by atoms with Crippen LogP contribution in [0.5, 0.6) is 0 Å². The van der Waals surface area contributed by atoms with Gasteiger partial charge in [-0.15, -0.1) is 0 Å². The van der Waals surface area contributed by atoms with E-state index in [2.05, 4.69) is 28.8 Å². The summed E-state index contributed by atoms with van der Waals surface area (Å²) in [5.74, 6) is 7.39. The second-order valence-electron chi connectivity index (χ2n) is 5.23. The van der Waals surface area contributed by atoms with Crippen molar-refractivity contribution < 1.29 is 0 Å². The Bertz CT molecular complexity index is 342. The number of nitrogens with one attached hydrogen (secondary N) is 1. The average Bonchev–Trinajstić information content (AvgIpc) is 2.62. The molecule has 1 aromatic heterocycles. The van der Waals surface area contributed by atoms with Gasteiger partial charge in [0.1, 0.15) is 5.82 Å². The highest BCUT2D eigenvalue weighted by atomic mass is 15.2. The minimum absolute atomic E-state index is 0.348. The fourth-order valence-corrected chi connectivity index (χ4v) is 2.30. The van der Waals surface area contributed by atoms with Crippen LogP contribution in [0.1, 0.15) is 26.1 Å². The Hall–Kier alpha value is -0.870. The molecule has 1 heterocycles. The van der Waals surface area contributed by atoms with Crippen LogP contribution in [-0.4, -0.2) is 15.6 Å². The summed E-state index contributed by atoms with van der Waals surface area (Å²) in [6.07, 6.45) is 5.97. The summed E-state index contributed by atoms with van der Waals surface area (Å²) in [4.78, 5) is 4.33. The third-order valence-corrected chi connectivity index (χ3v) is 3.61. The second-order valence-corrected chi connectivity index (χ2v) is 5.23. The molecule has 2 unspecified atom stereocenters. The van der Waals surface area contributed by atoms with E-state index < -0.39 is 0 Å². The zero-order valence-corrected chi connectivity index (χ0v) is 9.70. The molecule has 0 radical (unpaired) electrons. The fourth-order valence-electron chi connectivity index (χ4n) is 2.30. The lowest BCUT2D eigenvalue weighted by atomic mass is 10.0. The molecule has 84 valence electrons. The minimum atomic E-state index is 0.348. The van der Waals surface area contributed by atoms with Gasteiger partial charge in [-0.3, -0.25) is 11.3 Å². The first-order valence-electron chi connectivity index (χ1n) is 5.47. The van der Waals surface area contributed by atoms with Crippen LogP contribution >= 0.6 is 0 Å². The Morgan fingerprint density at radius 1 is 1.73 bits per heavy atom. The molecule has 4 nitrogen and oxygen atoms in total. The summed E-state index contributed by atoms with van der Waals surface area (Å²) in [5, 5.41) is 0. The number of aromatic nitrogens is 2. The maximum atomic E-state index is 5.61. The summed E-state index contributed by atoms with van der Waals surface area (Å²) in [5.41, 5.74) is 3.38. The summed E-state index contributed by atoms with van der Waals surface area (Å²) in [6.45, 7) is 4.58. The summed E-state index contributed by atoms with van der Waals surface area (Å²) < 4.78 is 2.06. The fraction of sp³-hybridized carbons (Fsp3) is 0.727. The average molecular weight is 208 g/mol. The van der Waals surface area contributed by atoms with Crippen molar-refractivity contribution in [3.8, 4) is 0 Å². The first kappa shape index (κ1) is 10.6. The van der Waals surface area contributed by atoms with E-state index in [0.717, 1.165) is 12.2 Å². The minimum Gasteiger partial charge on any atom is -0.338 e. The molecule has 0 amide bonds. The molecule has 1 aliphatic rings. The van der Waals surface area contributed by atoms with Gasteiger partial charge in [0.2, 0.25) is 0 Å². The lowest BCUT2D eigenvalue weighted by molar-refractivity contribution is 0.400. The maximum absolute atomic E-state index is 5.61. The van der Waals surface area contributed by atoms with Crippen LogP contribution in [-0.2, 0) is 13.5 Å². The van der Waals surface area contributed by atoms with E-state index in [1.54, 1.807) is 0 Å². The molecule has 2 rings (SSSR count). The highest BCUT2D eigenvalue weighted by Crippen LogP contribution is 2.53. The Labute approximate surface area is 90.8 Å². The number of hydrogen-bond donors (Lipinski definition) is 2. The Morgan fingerprint density at radius 2 is 2.40 bits per heavy atom. The van der Waals surface area contributed by atoms with E-state index in [4.69, 9.17) is 5.84 Å². The lowest BCUT2D eigenvalue weighted by Crippen LogP contribution is -2.40. The van der Waals surface area contributed by atoms with Gasteiger partial charge >= 0.3 is 0 Å². The van der Waals surface area contributed by atoms with Crippen LogP contribution in [0.15, 0.2) is 12.4 Å². The molecule has 3 N–H and O–H groups in total. The van der Waals surface area contributed by atoms with Crippen molar-refractivity contribution in [3.05, 3.63) is 18.2 Å². The summed E-state index contributed by atoms with van der Waals surface area (Å²) >= 11 is 0. The van der Waals surface area contributed by atoms with Gasteiger partial charge in [-0.2, -0.15) is 0 Å². The number of nitrogens with two attached hydrogens (primary N) is 1. The number of hydrogen-bond acceptors (Lipinski definition) is 3. The van der Waals surface area contributed by atoms with Crippen molar-refractivity contribution in [3.63, 3.8) is 0 Å². The molecule has 1 saturated carbocycles. The molecule has 0 aliphatic heterocycles. The van der Waals surface area contributed by atoms with E-state index in [1.165, 1.54) is 6.42 Å². The van der Waals surface area contributed by atoms with E-state index >= 15 is 0 Å². The third-order valence-electron chi connectivity index (χ3n) is 3.61. The maximum Gasteiger partial charge on any atom is 0.109 e. The summed E-state index contributed by atoms with van der Waals surface area (Å²) in [7, 11) is 2.02. The lowest BCUT2D eigenvalue weighted by Gasteiger charge is -2.17. The van der Waals surface area contributed by atoms with Crippen molar-refractivity contribution in [2.45, 2.75) is 32.7 Å². The molecule has 1 fully saturated rings. The van der Waals surface area contributed by atoms with Crippen LogP contribution in [0.4, 0.5) is 0 Å². The number of imidazole rings is 1. The molecule has 0 bridgehead atoms. The Morgan fingerprint density at radius 3 is 2.80 bits per heavy atom. The zero-order valence-electron chi connectivity index (χ0n) is 9.70. The van der Waals surface area contributed by atoms with Crippen LogP contribution < -0.4 is 11.3 Å². The van der Waals surface area contributed by atoms with Gasteiger partial charge in [-0.05, 0) is 17.8 Å². The van der Waals surface area contributed by atoms with Gasteiger partial charge in [0.25, 0.3) is 0 Å². The van der Waals surface area contributed by atoms with Crippen LogP contribution in [0.25, 0.3) is 0 Å². The van der Waals surface area contributed by atoms with Crippen molar-refractivity contribution in [1.82, 2.24) is 15.0 Å². The molecule has 15 heavy (non-hydrogen) atoms. The number of rotatable bonds is 4. The van der Waals surface area contributed by atoms with Crippen molar-refractivity contribution in [2.75, 3.05) is 0 Å². The second kappa shape index (κ2) is 3.61. The van der Waals surface area contributed by atoms with E-state index in [1.807, 2.05) is 19.4 Å². The molecule has 4 heteroatoms. The van der Waals surface area contributed by atoms with Crippen LogP contribution in [0.3, 0.4) is 0 Å². The summed E-state index contributed by atoms with van der Waals surface area (Å²) in [6, 6.07) is 0.348. The standard InChI is InChI=1S/C11H20N4/c1-11(2)7-8(11)9(14-12)6-10-13-4-5-15(10)3/h4-5,8-9,14H,6-7,12H2,1-3H3. The topological polar surface area (TPSA) is 55.9 Å². The SMILES string of the molecule is Cn1ccnc1CC(NN)C1CC1(C)C. The normalized spacial score (nSPS) is 25.2. The van der Waals surface area contributed by atoms with E-state index in [9.17, 15) is 0 Å². The predicted octanol–water partition coefficient (Wildman–Crippen LogP) is 0.841. The van der Waals surface area contributed by atoms with E-state index in [-0.39, 0.29) is 0 Å². The predicted molar refractivity (Wildman–Crippen MR) is 59.9 cm³/mol. The molecular weight excluding hydrogens is 188 g/mol. The highest BCUT2D eigenvalue weighted by molar-refractivity contribution is 5.05. The van der Waals surface area contributed by atoms with Crippen LogP contribution in [0, 0.1) is 11.3 Å². The van der Waals surface area contributed by atoms with Gasteiger partial charge in [0, 0.05) is 31.9 Å². The van der Waals surface area contributed by atoms with Crippen molar-refractivity contribution >= 4 is 0 Å². The first-order chi connectivity index (χ1) is 7.04. The van der Waals surface area contributed by atoms with Gasteiger partial charge in [0.05, 0.1) is 0 Å². The van der Waals surface area contributed by atoms with Gasteiger partial charge in [-0.1, -0.05) is 13.8 Å². The third kappa shape index (κ3) is 2.06. The monoisotopic (exact) mass is 208 g/mol. The number of nitrogens with zero attached hydrogens (tertiary/aromatic N) is 2.